The number of hydrogen-bond donors (Lipinski definition) is 1. The lowest BCUT2D eigenvalue weighted by atomic mass is 9.55. The van der Waals surface area contributed by atoms with Crippen molar-refractivity contribution in [2.24, 2.45) is 17.3 Å². The Kier molecular flexibility index (Phi) is 5.28. The number of benzene rings is 1. The van der Waals surface area contributed by atoms with E-state index >= 15 is 0 Å². The fourth-order valence-electron chi connectivity index (χ4n) is 7.06. The first-order valence-electron chi connectivity index (χ1n) is 11.1. The SMILES string of the molecule is CN(C)CCCN(C)C1CC[C@H]2[C@@H]3CCc4cc(O)ccc4[C@H]3CC[C@]12C. The second-order valence-corrected chi connectivity index (χ2v) is 10.1. The highest BCUT2D eigenvalue weighted by Crippen LogP contribution is 2.61. The summed E-state index contributed by atoms with van der Waals surface area (Å²) in [5.41, 5.74) is 3.45. The van der Waals surface area contributed by atoms with Crippen LogP contribution in [0.2, 0.25) is 0 Å². The van der Waals surface area contributed by atoms with Crippen LogP contribution >= 0.6 is 0 Å². The minimum Gasteiger partial charge on any atom is -0.508 e. The van der Waals surface area contributed by atoms with Crippen LogP contribution in [0.15, 0.2) is 18.2 Å². The maximum Gasteiger partial charge on any atom is 0.115 e. The summed E-state index contributed by atoms with van der Waals surface area (Å²) in [7, 11) is 6.72. The lowest BCUT2D eigenvalue weighted by Crippen LogP contribution is -2.49. The summed E-state index contributed by atoms with van der Waals surface area (Å²) < 4.78 is 0. The molecule has 1 N–H and O–H groups in total. The number of fused-ring (bicyclic) bond motifs is 5. The van der Waals surface area contributed by atoms with Gasteiger partial charge in [0.1, 0.15) is 5.75 Å². The second kappa shape index (κ2) is 7.40. The highest BCUT2D eigenvalue weighted by molar-refractivity contribution is 5.40. The van der Waals surface area contributed by atoms with Crippen molar-refractivity contribution >= 4 is 0 Å². The van der Waals surface area contributed by atoms with Gasteiger partial charge in [-0.25, -0.2) is 0 Å². The molecular formula is C24H38N2O. The Morgan fingerprint density at radius 3 is 2.67 bits per heavy atom. The molecule has 27 heavy (non-hydrogen) atoms. The van der Waals surface area contributed by atoms with Gasteiger partial charge in [0.2, 0.25) is 0 Å². The lowest BCUT2D eigenvalue weighted by molar-refractivity contribution is 0.00697. The molecule has 0 radical (unpaired) electrons. The van der Waals surface area contributed by atoms with Gasteiger partial charge in [-0.05, 0) is 126 Å². The maximum atomic E-state index is 9.87. The Morgan fingerprint density at radius 2 is 1.89 bits per heavy atom. The fourth-order valence-corrected chi connectivity index (χ4v) is 7.06. The van der Waals surface area contributed by atoms with Gasteiger partial charge in [0.15, 0.2) is 0 Å². The lowest BCUT2D eigenvalue weighted by Gasteiger charge is -2.52. The average molecular weight is 371 g/mol. The summed E-state index contributed by atoms with van der Waals surface area (Å²) in [4.78, 5) is 4.99. The molecule has 0 aliphatic heterocycles. The van der Waals surface area contributed by atoms with E-state index in [9.17, 15) is 5.11 Å². The molecule has 3 heteroatoms. The normalized spacial score (nSPS) is 35.2. The number of phenols is 1. The Hall–Kier alpha value is -1.06. The Balaban J connectivity index is 1.49. The largest absolute Gasteiger partial charge is 0.508 e. The van der Waals surface area contributed by atoms with Crippen LogP contribution in [0.1, 0.15) is 62.5 Å². The third-order valence-corrected chi connectivity index (χ3v) is 8.31. The molecule has 0 heterocycles. The van der Waals surface area contributed by atoms with E-state index in [4.69, 9.17) is 0 Å². The van der Waals surface area contributed by atoms with Crippen LogP contribution in [-0.4, -0.2) is 55.2 Å². The van der Waals surface area contributed by atoms with Crippen LogP contribution in [0, 0.1) is 17.3 Å². The molecule has 2 saturated carbocycles. The van der Waals surface area contributed by atoms with E-state index in [1.165, 1.54) is 57.2 Å². The number of nitrogens with zero attached hydrogens (tertiary/aromatic N) is 2. The average Bonchev–Trinajstić information content (AvgIpc) is 2.98. The molecule has 0 bridgehead atoms. The van der Waals surface area contributed by atoms with Crippen LogP contribution in [0.4, 0.5) is 0 Å². The summed E-state index contributed by atoms with van der Waals surface area (Å²) in [5, 5.41) is 9.87. The van der Waals surface area contributed by atoms with Crippen molar-refractivity contribution in [3.05, 3.63) is 29.3 Å². The third kappa shape index (κ3) is 3.42. The standard InChI is InChI=1S/C24H38N2O/c1-24-13-12-20-19-9-7-18(27)16-17(19)6-8-21(20)22(24)10-11-23(24)26(4)15-5-14-25(2)3/h7,9,16,20-23,27H,5-6,8,10-15H2,1-4H3/t20-,21-,22+,23?,24+/m1/s1. The quantitative estimate of drug-likeness (QED) is 0.827. The molecule has 0 saturated heterocycles. The summed E-state index contributed by atoms with van der Waals surface area (Å²) in [6.45, 7) is 5.02. The van der Waals surface area contributed by atoms with E-state index in [0.717, 1.165) is 30.2 Å². The first-order chi connectivity index (χ1) is 12.9. The molecule has 0 spiro atoms. The predicted octanol–water partition coefficient (Wildman–Crippen LogP) is 4.50. The van der Waals surface area contributed by atoms with Crippen molar-refractivity contribution in [2.45, 2.75) is 63.8 Å². The number of hydrogen-bond acceptors (Lipinski definition) is 3. The van der Waals surface area contributed by atoms with Gasteiger partial charge in [0.25, 0.3) is 0 Å². The number of aryl methyl sites for hydroxylation is 1. The molecule has 5 atom stereocenters. The first kappa shape index (κ1) is 19.3. The van der Waals surface area contributed by atoms with Crippen LogP contribution in [0.5, 0.6) is 5.75 Å². The van der Waals surface area contributed by atoms with E-state index in [0.29, 0.717) is 11.2 Å². The zero-order valence-corrected chi connectivity index (χ0v) is 17.7. The zero-order chi connectivity index (χ0) is 19.2. The van der Waals surface area contributed by atoms with Gasteiger partial charge in [-0.2, -0.15) is 0 Å². The Labute approximate surface area is 165 Å². The van der Waals surface area contributed by atoms with E-state index in [-0.39, 0.29) is 0 Å². The maximum absolute atomic E-state index is 9.87. The smallest absolute Gasteiger partial charge is 0.115 e. The molecule has 1 aromatic carbocycles. The molecule has 3 aliphatic rings. The molecule has 150 valence electrons. The number of aromatic hydroxyl groups is 1. The van der Waals surface area contributed by atoms with Gasteiger partial charge in [0.05, 0.1) is 0 Å². The fraction of sp³-hybridized carbons (Fsp3) is 0.750. The highest BCUT2D eigenvalue weighted by atomic mass is 16.3. The Morgan fingerprint density at radius 1 is 1.07 bits per heavy atom. The Bertz CT molecular complexity index is 672. The molecule has 1 unspecified atom stereocenters. The molecule has 3 nitrogen and oxygen atoms in total. The molecule has 3 aliphatic carbocycles. The van der Waals surface area contributed by atoms with E-state index in [2.05, 4.69) is 43.9 Å². The van der Waals surface area contributed by atoms with Crippen molar-refractivity contribution in [1.29, 1.82) is 0 Å². The van der Waals surface area contributed by atoms with Crippen LogP contribution in [0.3, 0.4) is 0 Å². The molecule has 0 amide bonds. The van der Waals surface area contributed by atoms with Gasteiger partial charge in [0, 0.05) is 6.04 Å². The summed E-state index contributed by atoms with van der Waals surface area (Å²) in [5.74, 6) is 2.89. The molecule has 0 aromatic heterocycles. The van der Waals surface area contributed by atoms with Gasteiger partial charge >= 0.3 is 0 Å². The van der Waals surface area contributed by atoms with Gasteiger partial charge in [-0.1, -0.05) is 13.0 Å². The highest BCUT2D eigenvalue weighted by Gasteiger charge is 2.55. The molecule has 4 rings (SSSR count). The monoisotopic (exact) mass is 370 g/mol. The molecular weight excluding hydrogens is 332 g/mol. The van der Waals surface area contributed by atoms with Gasteiger partial charge in [-0.15, -0.1) is 0 Å². The van der Waals surface area contributed by atoms with Crippen molar-refractivity contribution < 1.29 is 5.11 Å². The van der Waals surface area contributed by atoms with Crippen LogP contribution in [0.25, 0.3) is 0 Å². The zero-order valence-electron chi connectivity index (χ0n) is 17.7. The molecule has 2 fully saturated rings. The molecule has 1 aromatic rings. The van der Waals surface area contributed by atoms with E-state index < -0.39 is 0 Å². The van der Waals surface area contributed by atoms with Gasteiger partial charge < -0.3 is 14.9 Å². The van der Waals surface area contributed by atoms with E-state index in [1.807, 2.05) is 12.1 Å². The van der Waals surface area contributed by atoms with Gasteiger partial charge in [-0.3, -0.25) is 0 Å². The number of phenolic OH excluding ortho intramolecular Hbond substituents is 1. The summed E-state index contributed by atoms with van der Waals surface area (Å²) in [6, 6.07) is 6.91. The topological polar surface area (TPSA) is 26.7 Å². The third-order valence-electron chi connectivity index (χ3n) is 8.31. The minimum atomic E-state index is 0.438. The number of rotatable bonds is 5. The van der Waals surface area contributed by atoms with E-state index in [1.54, 1.807) is 5.56 Å². The second-order valence-electron chi connectivity index (χ2n) is 10.1. The minimum absolute atomic E-state index is 0.438. The van der Waals surface area contributed by atoms with Crippen LogP contribution in [-0.2, 0) is 6.42 Å². The van der Waals surface area contributed by atoms with Crippen molar-refractivity contribution in [2.75, 3.05) is 34.2 Å². The first-order valence-corrected chi connectivity index (χ1v) is 11.1. The van der Waals surface area contributed by atoms with Crippen LogP contribution < -0.4 is 0 Å². The van der Waals surface area contributed by atoms with Crippen molar-refractivity contribution in [3.8, 4) is 5.75 Å². The summed E-state index contributed by atoms with van der Waals surface area (Å²) >= 11 is 0. The van der Waals surface area contributed by atoms with Crippen molar-refractivity contribution in [3.63, 3.8) is 0 Å². The predicted molar refractivity (Wildman–Crippen MR) is 112 cm³/mol. The van der Waals surface area contributed by atoms with Crippen molar-refractivity contribution in [1.82, 2.24) is 9.80 Å². The summed E-state index contributed by atoms with van der Waals surface area (Å²) in [6.07, 6.45) is 9.22.